The van der Waals surface area contributed by atoms with Crippen LogP contribution >= 0.6 is 0 Å². The Hall–Kier alpha value is -3.81. The van der Waals surface area contributed by atoms with E-state index in [-0.39, 0.29) is 18.4 Å². The minimum Gasteiger partial charge on any atom is -0.471 e. The Morgan fingerprint density at radius 2 is 2.07 bits per heavy atom. The number of anilines is 1. The maximum Gasteiger partial charge on any atom is 0.291 e. The highest BCUT2D eigenvalue weighted by Crippen LogP contribution is 2.19. The maximum atomic E-state index is 12.4. The Morgan fingerprint density at radius 1 is 1.17 bits per heavy atom. The zero-order valence-electron chi connectivity index (χ0n) is 16.2. The molecule has 4 rings (SSSR count). The summed E-state index contributed by atoms with van der Waals surface area (Å²) in [6.07, 6.45) is 6.79. The molecule has 3 heterocycles. The minimum atomic E-state index is -0.341. The topological polar surface area (TPSA) is 87.1 Å². The number of aryl methyl sites for hydroxylation is 2. The molecule has 3 aromatic heterocycles. The van der Waals surface area contributed by atoms with E-state index in [1.54, 1.807) is 40.1 Å². The Bertz CT molecular complexity index is 1110. The normalized spacial score (nSPS) is 10.8. The van der Waals surface area contributed by atoms with E-state index >= 15 is 0 Å². The monoisotopic (exact) mass is 391 g/mol. The molecule has 8 nitrogen and oxygen atoms in total. The molecule has 0 radical (unpaired) electrons. The van der Waals surface area contributed by atoms with E-state index in [0.717, 1.165) is 11.3 Å². The van der Waals surface area contributed by atoms with Gasteiger partial charge in [0.2, 0.25) is 0 Å². The number of nitrogens with one attached hydrogen (secondary N) is 1. The summed E-state index contributed by atoms with van der Waals surface area (Å²) >= 11 is 0. The van der Waals surface area contributed by atoms with Crippen LogP contribution in [0.1, 0.15) is 27.4 Å². The second-order valence-electron chi connectivity index (χ2n) is 6.73. The molecule has 8 heteroatoms. The average Bonchev–Trinajstić information content (AvgIpc) is 3.44. The number of carbonyl (C=O) groups excluding carboxylic acids is 1. The lowest BCUT2D eigenvalue weighted by atomic mass is 10.1. The first-order valence-corrected chi connectivity index (χ1v) is 9.17. The molecule has 1 amide bonds. The summed E-state index contributed by atoms with van der Waals surface area (Å²) < 4.78 is 14.7. The zero-order valence-corrected chi connectivity index (χ0v) is 16.2. The number of nitrogens with zero attached hydrogens (tertiary/aromatic N) is 4. The van der Waals surface area contributed by atoms with E-state index in [1.165, 1.54) is 5.56 Å². The van der Waals surface area contributed by atoms with Gasteiger partial charge in [0.15, 0.2) is 12.5 Å². The Morgan fingerprint density at radius 3 is 2.86 bits per heavy atom. The Balaban J connectivity index is 1.34. The number of hydrogen-bond acceptors (Lipinski definition) is 5. The molecule has 0 atom stereocenters. The van der Waals surface area contributed by atoms with Crippen molar-refractivity contribution in [2.75, 3.05) is 5.32 Å². The number of benzene rings is 1. The summed E-state index contributed by atoms with van der Waals surface area (Å²) in [4.78, 5) is 12.4. The zero-order chi connectivity index (χ0) is 20.2. The van der Waals surface area contributed by atoms with Crippen molar-refractivity contribution in [1.82, 2.24) is 19.6 Å². The van der Waals surface area contributed by atoms with Gasteiger partial charge in [-0.15, -0.1) is 0 Å². The van der Waals surface area contributed by atoms with Gasteiger partial charge < -0.3 is 14.5 Å². The SMILES string of the molecule is Cc1ccc(OCn2cc(NC(=O)c3ccc(Cn4cccn4)o3)cn2)c(C)c1. The van der Waals surface area contributed by atoms with E-state index in [1.807, 2.05) is 38.2 Å². The third-order valence-corrected chi connectivity index (χ3v) is 4.34. The van der Waals surface area contributed by atoms with E-state index in [2.05, 4.69) is 21.6 Å². The van der Waals surface area contributed by atoms with Crippen molar-refractivity contribution in [3.63, 3.8) is 0 Å². The predicted octanol–water partition coefficient (Wildman–Crippen LogP) is 3.63. The summed E-state index contributed by atoms with van der Waals surface area (Å²) in [6, 6.07) is 11.2. The van der Waals surface area contributed by atoms with Crippen LogP contribution in [-0.4, -0.2) is 25.5 Å². The summed E-state index contributed by atoms with van der Waals surface area (Å²) in [6.45, 7) is 4.75. The molecule has 1 aromatic carbocycles. The smallest absolute Gasteiger partial charge is 0.291 e. The van der Waals surface area contributed by atoms with Gasteiger partial charge in [0, 0.05) is 12.4 Å². The van der Waals surface area contributed by atoms with Crippen molar-refractivity contribution in [3.8, 4) is 5.75 Å². The van der Waals surface area contributed by atoms with Crippen molar-refractivity contribution < 1.29 is 13.9 Å². The lowest BCUT2D eigenvalue weighted by Crippen LogP contribution is -2.10. The molecule has 0 spiro atoms. The highest BCUT2D eigenvalue weighted by molar-refractivity contribution is 6.02. The largest absolute Gasteiger partial charge is 0.471 e. The molecule has 1 N–H and O–H groups in total. The van der Waals surface area contributed by atoms with E-state index in [0.29, 0.717) is 18.0 Å². The summed E-state index contributed by atoms with van der Waals surface area (Å²) in [5, 5.41) is 11.1. The average molecular weight is 391 g/mol. The maximum absolute atomic E-state index is 12.4. The second kappa shape index (κ2) is 8.05. The van der Waals surface area contributed by atoms with Crippen LogP contribution in [0.15, 0.2) is 65.6 Å². The Kier molecular flexibility index (Phi) is 5.15. The third-order valence-electron chi connectivity index (χ3n) is 4.34. The third kappa shape index (κ3) is 4.55. The Labute approximate surface area is 167 Å². The predicted molar refractivity (Wildman–Crippen MR) is 107 cm³/mol. The molecule has 0 unspecified atom stereocenters. The number of ether oxygens (including phenoxy) is 1. The van der Waals surface area contributed by atoms with Crippen LogP contribution in [0.5, 0.6) is 5.75 Å². The van der Waals surface area contributed by atoms with Crippen molar-refractivity contribution in [3.05, 3.63) is 83.8 Å². The van der Waals surface area contributed by atoms with Gasteiger partial charge in [-0.2, -0.15) is 10.2 Å². The molecule has 4 aromatic rings. The number of rotatable bonds is 7. The van der Waals surface area contributed by atoms with Crippen LogP contribution in [0.3, 0.4) is 0 Å². The minimum absolute atomic E-state index is 0.228. The standard InChI is InChI=1S/C21H21N5O3/c1-15-4-6-19(16(2)10-15)28-14-26-12-17(11-23-26)24-21(27)20-7-5-18(29-20)13-25-9-3-8-22-25/h3-12H,13-14H2,1-2H3,(H,24,27). The van der Waals surface area contributed by atoms with E-state index < -0.39 is 0 Å². The first-order valence-electron chi connectivity index (χ1n) is 9.17. The van der Waals surface area contributed by atoms with Crippen LogP contribution < -0.4 is 10.1 Å². The second-order valence-corrected chi connectivity index (χ2v) is 6.73. The lowest BCUT2D eigenvalue weighted by molar-refractivity contribution is 0.0994. The molecule has 0 fully saturated rings. The molecule has 0 bridgehead atoms. The lowest BCUT2D eigenvalue weighted by Gasteiger charge is -2.09. The van der Waals surface area contributed by atoms with Gasteiger partial charge in [-0.25, -0.2) is 4.68 Å². The van der Waals surface area contributed by atoms with Crippen molar-refractivity contribution in [2.24, 2.45) is 0 Å². The van der Waals surface area contributed by atoms with Crippen LogP contribution in [-0.2, 0) is 13.3 Å². The summed E-state index contributed by atoms with van der Waals surface area (Å²) in [5.74, 6) is 1.34. The first-order chi connectivity index (χ1) is 14.1. The molecule has 0 aliphatic heterocycles. The molecular weight excluding hydrogens is 370 g/mol. The molecule has 0 aliphatic carbocycles. The van der Waals surface area contributed by atoms with Crippen LogP contribution in [0, 0.1) is 13.8 Å². The first kappa shape index (κ1) is 18.5. The van der Waals surface area contributed by atoms with Crippen LogP contribution in [0.4, 0.5) is 5.69 Å². The van der Waals surface area contributed by atoms with Gasteiger partial charge in [0.25, 0.3) is 5.91 Å². The summed E-state index contributed by atoms with van der Waals surface area (Å²) in [7, 11) is 0. The van der Waals surface area contributed by atoms with Gasteiger partial charge in [-0.1, -0.05) is 17.7 Å². The molecule has 148 valence electrons. The number of amides is 1. The number of aromatic nitrogens is 4. The van der Waals surface area contributed by atoms with Gasteiger partial charge >= 0.3 is 0 Å². The van der Waals surface area contributed by atoms with Crippen molar-refractivity contribution in [2.45, 2.75) is 27.1 Å². The van der Waals surface area contributed by atoms with Gasteiger partial charge in [0.1, 0.15) is 11.5 Å². The van der Waals surface area contributed by atoms with Gasteiger partial charge in [0.05, 0.1) is 24.6 Å². The van der Waals surface area contributed by atoms with Crippen LogP contribution in [0.2, 0.25) is 0 Å². The van der Waals surface area contributed by atoms with Crippen molar-refractivity contribution in [1.29, 1.82) is 0 Å². The quantitative estimate of drug-likeness (QED) is 0.520. The van der Waals surface area contributed by atoms with Gasteiger partial charge in [-0.3, -0.25) is 9.48 Å². The van der Waals surface area contributed by atoms with E-state index in [4.69, 9.17) is 9.15 Å². The number of carbonyl (C=O) groups is 1. The molecule has 29 heavy (non-hydrogen) atoms. The highest BCUT2D eigenvalue weighted by Gasteiger charge is 2.13. The molecular formula is C21H21N5O3. The van der Waals surface area contributed by atoms with Gasteiger partial charge in [-0.05, 0) is 43.7 Å². The summed E-state index contributed by atoms with van der Waals surface area (Å²) in [5.41, 5.74) is 2.81. The molecule has 0 saturated carbocycles. The number of furan rings is 1. The molecule has 0 saturated heterocycles. The van der Waals surface area contributed by atoms with Crippen molar-refractivity contribution >= 4 is 11.6 Å². The fourth-order valence-electron chi connectivity index (χ4n) is 2.93. The molecule has 0 aliphatic rings. The highest BCUT2D eigenvalue weighted by atomic mass is 16.5. The fourth-order valence-corrected chi connectivity index (χ4v) is 2.93. The number of hydrogen-bond donors (Lipinski definition) is 1. The van der Waals surface area contributed by atoms with E-state index in [9.17, 15) is 4.79 Å². The fraction of sp³-hybridized carbons (Fsp3) is 0.190. The van der Waals surface area contributed by atoms with Crippen LogP contribution in [0.25, 0.3) is 0 Å².